The van der Waals surface area contributed by atoms with Crippen LogP contribution in [0.3, 0.4) is 0 Å². The molecule has 20 heavy (non-hydrogen) atoms. The predicted octanol–water partition coefficient (Wildman–Crippen LogP) is 2.92. The van der Waals surface area contributed by atoms with Crippen molar-refractivity contribution < 1.29 is 10.2 Å². The molecule has 1 aliphatic carbocycles. The molecule has 0 aromatic heterocycles. The summed E-state index contributed by atoms with van der Waals surface area (Å²) in [5.74, 6) is 5.77. The zero-order valence-electron chi connectivity index (χ0n) is 11.7. The van der Waals surface area contributed by atoms with Crippen LogP contribution in [-0.4, -0.2) is 16.8 Å². The zero-order chi connectivity index (χ0) is 14.6. The van der Waals surface area contributed by atoms with E-state index in [1.165, 1.54) is 0 Å². The first kappa shape index (κ1) is 14.3. The Morgan fingerprint density at radius 1 is 0.950 bits per heavy atom. The quantitative estimate of drug-likeness (QED) is 0.720. The number of rotatable bonds is 0. The summed E-state index contributed by atoms with van der Waals surface area (Å²) in [5, 5.41) is 18.4. The SMILES string of the molecule is CC#CC1(O)c2ccccc2-c2ccccc21.CCO. The Balaban J connectivity index is 0.000000452. The van der Waals surface area contributed by atoms with Gasteiger partial charge in [-0.1, -0.05) is 54.5 Å². The van der Waals surface area contributed by atoms with Crippen LogP contribution in [0.4, 0.5) is 0 Å². The van der Waals surface area contributed by atoms with Crippen LogP contribution in [0.2, 0.25) is 0 Å². The number of aliphatic hydroxyl groups is 2. The minimum Gasteiger partial charge on any atom is -0.397 e. The van der Waals surface area contributed by atoms with E-state index < -0.39 is 5.60 Å². The van der Waals surface area contributed by atoms with Crippen molar-refractivity contribution in [2.75, 3.05) is 6.61 Å². The highest BCUT2D eigenvalue weighted by Crippen LogP contribution is 2.46. The number of fused-ring (bicyclic) bond motifs is 3. The Labute approximate surface area is 119 Å². The fourth-order valence-corrected chi connectivity index (χ4v) is 2.53. The van der Waals surface area contributed by atoms with Crippen LogP contribution in [0.15, 0.2) is 48.5 Å². The summed E-state index contributed by atoms with van der Waals surface area (Å²) in [6.07, 6.45) is 0. The van der Waals surface area contributed by atoms with Gasteiger partial charge in [-0.3, -0.25) is 0 Å². The second-order valence-electron chi connectivity index (χ2n) is 4.49. The first-order valence-electron chi connectivity index (χ1n) is 6.65. The molecule has 0 radical (unpaired) electrons. The molecule has 0 heterocycles. The van der Waals surface area contributed by atoms with Gasteiger partial charge in [-0.05, 0) is 25.0 Å². The fourth-order valence-electron chi connectivity index (χ4n) is 2.53. The monoisotopic (exact) mass is 266 g/mol. The molecule has 0 bridgehead atoms. The van der Waals surface area contributed by atoms with Gasteiger partial charge in [0.05, 0.1) is 0 Å². The second-order valence-corrected chi connectivity index (χ2v) is 4.49. The molecule has 2 heteroatoms. The van der Waals surface area contributed by atoms with E-state index in [2.05, 4.69) is 11.8 Å². The van der Waals surface area contributed by atoms with E-state index in [1.54, 1.807) is 13.8 Å². The lowest BCUT2D eigenvalue weighted by Crippen LogP contribution is -2.21. The largest absolute Gasteiger partial charge is 0.397 e. The van der Waals surface area contributed by atoms with Crippen LogP contribution >= 0.6 is 0 Å². The maximum Gasteiger partial charge on any atom is 0.178 e. The first-order chi connectivity index (χ1) is 9.69. The average Bonchev–Trinajstić information content (AvgIpc) is 2.72. The highest BCUT2D eigenvalue weighted by atomic mass is 16.3. The molecule has 0 aliphatic heterocycles. The van der Waals surface area contributed by atoms with Gasteiger partial charge in [-0.15, -0.1) is 5.92 Å². The van der Waals surface area contributed by atoms with Crippen LogP contribution in [-0.2, 0) is 5.60 Å². The van der Waals surface area contributed by atoms with E-state index in [9.17, 15) is 5.11 Å². The van der Waals surface area contributed by atoms with Crippen molar-refractivity contribution >= 4 is 0 Å². The van der Waals surface area contributed by atoms with Gasteiger partial charge in [0.25, 0.3) is 0 Å². The molecule has 2 aromatic carbocycles. The molecule has 0 fully saturated rings. The predicted molar refractivity (Wildman–Crippen MR) is 81.1 cm³/mol. The fraction of sp³-hybridized carbons (Fsp3) is 0.222. The second kappa shape index (κ2) is 5.92. The van der Waals surface area contributed by atoms with Crippen molar-refractivity contribution in [2.24, 2.45) is 0 Å². The van der Waals surface area contributed by atoms with Crippen LogP contribution in [0, 0.1) is 11.8 Å². The molecule has 0 unspecified atom stereocenters. The van der Waals surface area contributed by atoms with Gasteiger partial charge in [-0.25, -0.2) is 0 Å². The van der Waals surface area contributed by atoms with Gasteiger partial charge in [0.1, 0.15) is 0 Å². The van der Waals surface area contributed by atoms with Crippen LogP contribution < -0.4 is 0 Å². The molecule has 0 amide bonds. The summed E-state index contributed by atoms with van der Waals surface area (Å²) in [7, 11) is 0. The van der Waals surface area contributed by atoms with Gasteiger partial charge < -0.3 is 10.2 Å². The maximum absolute atomic E-state index is 10.8. The van der Waals surface area contributed by atoms with E-state index in [0.717, 1.165) is 22.3 Å². The van der Waals surface area contributed by atoms with Crippen LogP contribution in [0.25, 0.3) is 11.1 Å². The van der Waals surface area contributed by atoms with Crippen molar-refractivity contribution in [3.63, 3.8) is 0 Å². The summed E-state index contributed by atoms with van der Waals surface area (Å²) in [6, 6.07) is 15.8. The number of hydrogen-bond donors (Lipinski definition) is 2. The van der Waals surface area contributed by atoms with Crippen molar-refractivity contribution in [2.45, 2.75) is 19.4 Å². The molecular formula is C18H18O2. The normalized spacial score (nSPS) is 13.2. The van der Waals surface area contributed by atoms with E-state index >= 15 is 0 Å². The third-order valence-corrected chi connectivity index (χ3v) is 3.23. The lowest BCUT2D eigenvalue weighted by molar-refractivity contribution is 0.150. The number of hydrogen-bond acceptors (Lipinski definition) is 2. The van der Waals surface area contributed by atoms with Crippen molar-refractivity contribution in [1.29, 1.82) is 0 Å². The smallest absolute Gasteiger partial charge is 0.178 e. The Morgan fingerprint density at radius 2 is 1.35 bits per heavy atom. The summed E-state index contributed by atoms with van der Waals surface area (Å²) in [4.78, 5) is 0. The highest BCUT2D eigenvalue weighted by molar-refractivity contribution is 5.81. The van der Waals surface area contributed by atoms with Gasteiger partial charge in [0.15, 0.2) is 5.60 Å². The van der Waals surface area contributed by atoms with Gasteiger partial charge in [0.2, 0.25) is 0 Å². The molecule has 102 valence electrons. The molecule has 1 aliphatic rings. The van der Waals surface area contributed by atoms with E-state index in [-0.39, 0.29) is 6.61 Å². The number of benzene rings is 2. The summed E-state index contributed by atoms with van der Waals surface area (Å²) >= 11 is 0. The Kier molecular flexibility index (Phi) is 4.24. The molecule has 2 aromatic rings. The Morgan fingerprint density at radius 3 is 1.75 bits per heavy atom. The third-order valence-electron chi connectivity index (χ3n) is 3.23. The van der Waals surface area contributed by atoms with Crippen LogP contribution in [0.5, 0.6) is 0 Å². The first-order valence-corrected chi connectivity index (χ1v) is 6.65. The topological polar surface area (TPSA) is 40.5 Å². The third kappa shape index (κ3) is 2.22. The summed E-state index contributed by atoms with van der Waals surface area (Å²) in [5.41, 5.74) is 2.77. The van der Waals surface area contributed by atoms with Gasteiger partial charge >= 0.3 is 0 Å². The molecule has 3 rings (SSSR count). The molecule has 2 N–H and O–H groups in total. The molecule has 0 atom stereocenters. The number of aliphatic hydroxyl groups excluding tert-OH is 1. The molecule has 2 nitrogen and oxygen atoms in total. The van der Waals surface area contributed by atoms with E-state index in [0.29, 0.717) is 0 Å². The summed E-state index contributed by atoms with van der Waals surface area (Å²) < 4.78 is 0. The average molecular weight is 266 g/mol. The van der Waals surface area contributed by atoms with Gasteiger partial charge in [0, 0.05) is 17.7 Å². The summed E-state index contributed by atoms with van der Waals surface area (Å²) in [6.45, 7) is 3.68. The van der Waals surface area contributed by atoms with E-state index in [4.69, 9.17) is 5.11 Å². The molecule has 0 saturated heterocycles. The minimum absolute atomic E-state index is 0.250. The van der Waals surface area contributed by atoms with Gasteiger partial charge in [-0.2, -0.15) is 0 Å². The zero-order valence-corrected chi connectivity index (χ0v) is 11.7. The molecule has 0 spiro atoms. The Bertz CT molecular complexity index is 617. The molecule has 0 saturated carbocycles. The minimum atomic E-state index is -1.15. The Hall–Kier alpha value is -2.08. The highest BCUT2D eigenvalue weighted by Gasteiger charge is 2.39. The standard InChI is InChI=1S/C16H12O.C2H6O/c1-2-11-16(17)14-9-5-3-7-12(14)13-8-4-6-10-15(13)16;1-2-3/h3-10,17H,1H3;3H,2H2,1H3. The lowest BCUT2D eigenvalue weighted by atomic mass is 9.92. The van der Waals surface area contributed by atoms with Crippen molar-refractivity contribution in [3.05, 3.63) is 59.7 Å². The van der Waals surface area contributed by atoms with E-state index in [1.807, 2.05) is 48.5 Å². The maximum atomic E-state index is 10.8. The lowest BCUT2D eigenvalue weighted by Gasteiger charge is -2.18. The van der Waals surface area contributed by atoms with Crippen molar-refractivity contribution in [3.8, 4) is 23.0 Å². The van der Waals surface area contributed by atoms with Crippen LogP contribution in [0.1, 0.15) is 25.0 Å². The molecular weight excluding hydrogens is 248 g/mol. The van der Waals surface area contributed by atoms with Crippen molar-refractivity contribution in [1.82, 2.24) is 0 Å².